The molecule has 1 heterocycles. The molecule has 2 heteroatoms. The van der Waals surface area contributed by atoms with Crippen molar-refractivity contribution in [3.63, 3.8) is 0 Å². The van der Waals surface area contributed by atoms with Gasteiger partial charge in [-0.05, 0) is 69.6 Å². The van der Waals surface area contributed by atoms with Gasteiger partial charge >= 0.3 is 0 Å². The zero-order valence-corrected chi connectivity index (χ0v) is 13.6. The lowest BCUT2D eigenvalue weighted by Gasteiger charge is -2.36. The lowest BCUT2D eigenvalue weighted by Crippen LogP contribution is -2.43. The van der Waals surface area contributed by atoms with Gasteiger partial charge in [0.15, 0.2) is 0 Å². The van der Waals surface area contributed by atoms with Crippen molar-refractivity contribution in [2.75, 3.05) is 19.6 Å². The van der Waals surface area contributed by atoms with E-state index in [1.165, 1.54) is 50.9 Å². The van der Waals surface area contributed by atoms with Gasteiger partial charge in [0.05, 0.1) is 0 Å². The molecule has 0 aromatic heterocycles. The Bertz CT molecular complexity index is 418. The predicted molar refractivity (Wildman–Crippen MR) is 89.3 cm³/mol. The summed E-state index contributed by atoms with van der Waals surface area (Å²) in [4.78, 5) is 2.58. The number of piperidine rings is 1. The Labute approximate surface area is 129 Å². The molecule has 1 aliphatic heterocycles. The van der Waals surface area contributed by atoms with Crippen LogP contribution in [-0.4, -0.2) is 30.6 Å². The van der Waals surface area contributed by atoms with Crippen LogP contribution in [0.1, 0.15) is 51.1 Å². The standard InChI is InChI=1S/C19H30N2/c1-3-21-13-11-16(12-14-21)15(2)20-19(18-9-10-18)17-7-5-4-6-8-17/h4-8,15-16,18-20H,3,9-14H2,1-2H3. The topological polar surface area (TPSA) is 15.3 Å². The Kier molecular flexibility index (Phi) is 4.97. The van der Waals surface area contributed by atoms with Gasteiger partial charge in [-0.1, -0.05) is 37.3 Å². The van der Waals surface area contributed by atoms with Crippen molar-refractivity contribution in [1.29, 1.82) is 0 Å². The molecule has 1 saturated carbocycles. The predicted octanol–water partition coefficient (Wildman–Crippen LogP) is 3.85. The summed E-state index contributed by atoms with van der Waals surface area (Å²) in [5.74, 6) is 1.71. The Morgan fingerprint density at radius 3 is 2.29 bits per heavy atom. The monoisotopic (exact) mass is 286 g/mol. The van der Waals surface area contributed by atoms with Crippen LogP contribution in [0.5, 0.6) is 0 Å². The molecular weight excluding hydrogens is 256 g/mol. The molecule has 1 saturated heterocycles. The summed E-state index contributed by atoms with van der Waals surface area (Å²) in [6, 6.07) is 12.3. The third kappa shape index (κ3) is 3.87. The molecule has 21 heavy (non-hydrogen) atoms. The maximum Gasteiger partial charge on any atom is 0.0351 e. The van der Waals surface area contributed by atoms with E-state index in [4.69, 9.17) is 0 Å². The minimum Gasteiger partial charge on any atom is -0.307 e. The van der Waals surface area contributed by atoms with Gasteiger partial charge < -0.3 is 10.2 Å². The molecule has 2 fully saturated rings. The lowest BCUT2D eigenvalue weighted by atomic mass is 9.89. The van der Waals surface area contributed by atoms with Gasteiger partial charge in [0.2, 0.25) is 0 Å². The van der Waals surface area contributed by atoms with E-state index in [1.54, 1.807) is 0 Å². The highest BCUT2D eigenvalue weighted by Gasteiger charge is 2.34. The number of rotatable bonds is 6. The van der Waals surface area contributed by atoms with Gasteiger partial charge in [-0.3, -0.25) is 0 Å². The van der Waals surface area contributed by atoms with Gasteiger partial charge in [0, 0.05) is 12.1 Å². The largest absolute Gasteiger partial charge is 0.307 e. The van der Waals surface area contributed by atoms with Crippen LogP contribution in [0.3, 0.4) is 0 Å². The molecule has 1 aromatic rings. The first-order valence-corrected chi connectivity index (χ1v) is 8.81. The number of nitrogens with one attached hydrogen (secondary N) is 1. The van der Waals surface area contributed by atoms with Crippen LogP contribution in [0.25, 0.3) is 0 Å². The fourth-order valence-electron chi connectivity index (χ4n) is 3.78. The molecule has 0 bridgehead atoms. The molecule has 2 atom stereocenters. The summed E-state index contributed by atoms with van der Waals surface area (Å²) in [7, 11) is 0. The first-order valence-electron chi connectivity index (χ1n) is 8.81. The van der Waals surface area contributed by atoms with Crippen molar-refractivity contribution < 1.29 is 0 Å². The highest BCUT2D eigenvalue weighted by atomic mass is 15.1. The summed E-state index contributed by atoms with van der Waals surface area (Å²) in [5.41, 5.74) is 1.48. The summed E-state index contributed by atoms with van der Waals surface area (Å²) >= 11 is 0. The van der Waals surface area contributed by atoms with Crippen LogP contribution in [0.4, 0.5) is 0 Å². The summed E-state index contributed by atoms with van der Waals surface area (Å²) in [6.07, 6.45) is 5.50. The van der Waals surface area contributed by atoms with Crippen molar-refractivity contribution in [3.05, 3.63) is 35.9 Å². The minimum absolute atomic E-state index is 0.574. The molecule has 3 rings (SSSR count). The number of benzene rings is 1. The van der Waals surface area contributed by atoms with Crippen molar-refractivity contribution in [3.8, 4) is 0 Å². The molecule has 2 unspecified atom stereocenters. The Balaban J connectivity index is 1.58. The zero-order chi connectivity index (χ0) is 14.7. The molecule has 0 amide bonds. The molecule has 1 aromatic carbocycles. The third-order valence-electron chi connectivity index (χ3n) is 5.48. The first kappa shape index (κ1) is 15.1. The number of nitrogens with zero attached hydrogens (tertiary/aromatic N) is 1. The molecule has 0 radical (unpaired) electrons. The van der Waals surface area contributed by atoms with E-state index >= 15 is 0 Å². The van der Waals surface area contributed by atoms with Crippen molar-refractivity contribution >= 4 is 0 Å². The van der Waals surface area contributed by atoms with Crippen LogP contribution in [0.2, 0.25) is 0 Å². The molecular formula is C19H30N2. The summed E-state index contributed by atoms with van der Waals surface area (Å²) in [5, 5.41) is 3.98. The van der Waals surface area contributed by atoms with E-state index in [0.29, 0.717) is 12.1 Å². The van der Waals surface area contributed by atoms with Crippen LogP contribution < -0.4 is 5.32 Å². The summed E-state index contributed by atoms with van der Waals surface area (Å²) in [6.45, 7) is 8.47. The SMILES string of the molecule is CCN1CCC(C(C)NC(c2ccccc2)C2CC2)CC1. The minimum atomic E-state index is 0.574. The van der Waals surface area contributed by atoms with Gasteiger partial charge in [0.1, 0.15) is 0 Å². The summed E-state index contributed by atoms with van der Waals surface area (Å²) < 4.78 is 0. The Morgan fingerprint density at radius 1 is 1.05 bits per heavy atom. The first-order chi connectivity index (χ1) is 10.3. The van der Waals surface area contributed by atoms with Crippen LogP contribution in [0, 0.1) is 11.8 Å². The second kappa shape index (κ2) is 6.93. The maximum absolute atomic E-state index is 3.98. The molecule has 0 spiro atoms. The van der Waals surface area contributed by atoms with Crippen LogP contribution >= 0.6 is 0 Å². The molecule has 1 aliphatic carbocycles. The average Bonchev–Trinajstić information content (AvgIpc) is 3.38. The average molecular weight is 286 g/mol. The number of hydrogen-bond acceptors (Lipinski definition) is 2. The smallest absolute Gasteiger partial charge is 0.0351 e. The molecule has 116 valence electrons. The van der Waals surface area contributed by atoms with Gasteiger partial charge in [-0.2, -0.15) is 0 Å². The highest BCUT2D eigenvalue weighted by molar-refractivity contribution is 5.21. The van der Waals surface area contributed by atoms with E-state index in [0.717, 1.165) is 11.8 Å². The molecule has 2 nitrogen and oxygen atoms in total. The lowest BCUT2D eigenvalue weighted by molar-refractivity contribution is 0.162. The number of hydrogen-bond donors (Lipinski definition) is 1. The van der Waals surface area contributed by atoms with Crippen molar-refractivity contribution in [1.82, 2.24) is 10.2 Å². The molecule has 2 aliphatic rings. The van der Waals surface area contributed by atoms with Gasteiger partial charge in [-0.15, -0.1) is 0 Å². The van der Waals surface area contributed by atoms with Gasteiger partial charge in [-0.25, -0.2) is 0 Å². The normalized spacial score (nSPS) is 23.9. The van der Waals surface area contributed by atoms with Crippen LogP contribution in [0.15, 0.2) is 30.3 Å². The highest BCUT2D eigenvalue weighted by Crippen LogP contribution is 2.41. The Hall–Kier alpha value is -0.860. The van der Waals surface area contributed by atoms with Crippen LogP contribution in [-0.2, 0) is 0 Å². The molecule has 1 N–H and O–H groups in total. The van der Waals surface area contributed by atoms with Crippen molar-refractivity contribution in [2.24, 2.45) is 11.8 Å². The van der Waals surface area contributed by atoms with E-state index < -0.39 is 0 Å². The Morgan fingerprint density at radius 2 is 1.71 bits per heavy atom. The fourth-order valence-corrected chi connectivity index (χ4v) is 3.78. The quantitative estimate of drug-likeness (QED) is 0.854. The number of likely N-dealkylation sites (tertiary alicyclic amines) is 1. The maximum atomic E-state index is 3.98. The zero-order valence-electron chi connectivity index (χ0n) is 13.6. The second-order valence-corrected chi connectivity index (χ2v) is 6.95. The third-order valence-corrected chi connectivity index (χ3v) is 5.48. The second-order valence-electron chi connectivity index (χ2n) is 6.95. The van der Waals surface area contributed by atoms with E-state index in [1.807, 2.05) is 0 Å². The van der Waals surface area contributed by atoms with E-state index in [9.17, 15) is 0 Å². The van der Waals surface area contributed by atoms with E-state index in [2.05, 4.69) is 54.4 Å². The van der Waals surface area contributed by atoms with Crippen molar-refractivity contribution in [2.45, 2.75) is 51.6 Å². The van der Waals surface area contributed by atoms with Gasteiger partial charge in [0.25, 0.3) is 0 Å². The fraction of sp³-hybridized carbons (Fsp3) is 0.684. The van der Waals surface area contributed by atoms with E-state index in [-0.39, 0.29) is 0 Å².